The van der Waals surface area contributed by atoms with E-state index >= 15 is 0 Å². The number of carbonyl (C=O) groups excluding carboxylic acids is 1. The van der Waals surface area contributed by atoms with Gasteiger partial charge in [-0.15, -0.1) is 0 Å². The lowest BCUT2D eigenvalue weighted by Crippen LogP contribution is -2.19. The van der Waals surface area contributed by atoms with Crippen molar-refractivity contribution < 1.29 is 18.0 Å². The molecule has 0 spiro atoms. The smallest absolute Gasteiger partial charge is 0.289 e. The maximum atomic E-state index is 12.8. The highest BCUT2D eigenvalue weighted by Crippen LogP contribution is 2.33. The van der Waals surface area contributed by atoms with Crippen LogP contribution >= 0.6 is 0 Å². The number of amides is 1. The zero-order chi connectivity index (χ0) is 16.5. The second-order valence-electron chi connectivity index (χ2n) is 4.68. The number of alkyl halides is 3. The number of hydrogen-bond donors (Lipinski definition) is 1. The lowest BCUT2D eigenvalue weighted by molar-refractivity contribution is -0.138. The van der Waals surface area contributed by atoms with Crippen LogP contribution in [0.5, 0.6) is 0 Å². The Bertz CT molecular complexity index is 708. The van der Waals surface area contributed by atoms with E-state index in [4.69, 9.17) is 0 Å². The van der Waals surface area contributed by atoms with Crippen molar-refractivity contribution in [2.24, 2.45) is 0 Å². The number of nitrogens with one attached hydrogen (secondary N) is 1. The molecule has 0 atom stereocenters. The van der Waals surface area contributed by atoms with Crippen LogP contribution in [0.4, 0.5) is 19.1 Å². The molecule has 0 aliphatic heterocycles. The predicted molar refractivity (Wildman–Crippen MR) is 72.4 cm³/mol. The molecule has 0 saturated carbocycles. The van der Waals surface area contributed by atoms with Gasteiger partial charge in [-0.3, -0.25) is 10.1 Å². The number of rotatable bonds is 3. The third kappa shape index (κ3) is 2.92. The van der Waals surface area contributed by atoms with Crippen LogP contribution in [0.2, 0.25) is 0 Å². The fourth-order valence-electron chi connectivity index (χ4n) is 2.05. The van der Waals surface area contributed by atoms with Crippen LogP contribution in [0, 0.1) is 13.8 Å². The highest BCUT2D eigenvalue weighted by Gasteiger charge is 2.33. The molecule has 1 aromatic heterocycles. The quantitative estimate of drug-likeness (QED) is 0.945. The zero-order valence-corrected chi connectivity index (χ0v) is 12.2. The molecule has 9 heteroatoms. The first-order valence-electron chi connectivity index (χ1n) is 6.50. The molecule has 0 bridgehead atoms. The minimum Gasteiger partial charge on any atom is -0.289 e. The third-order valence-corrected chi connectivity index (χ3v) is 3.39. The molecule has 1 N–H and O–H groups in total. The monoisotopic (exact) mass is 313 g/mol. The topological polar surface area (TPSA) is 72.7 Å². The standard InChI is InChI=1S/C13H14F3N5O/c1-4-21-12(18-19-20-21)17-11(22)9-5-6-10(13(14,15)16)8(3)7(9)2/h5-6H,4H2,1-3H3,(H,17,18,20,22). The van der Waals surface area contributed by atoms with Crippen molar-refractivity contribution in [2.75, 3.05) is 5.32 Å². The first-order chi connectivity index (χ1) is 10.3. The van der Waals surface area contributed by atoms with Crippen molar-refractivity contribution in [2.45, 2.75) is 33.5 Å². The minimum absolute atomic E-state index is 0.0234. The number of hydrogen-bond acceptors (Lipinski definition) is 4. The summed E-state index contributed by atoms with van der Waals surface area (Å²) in [4.78, 5) is 12.2. The van der Waals surface area contributed by atoms with Gasteiger partial charge in [0.2, 0.25) is 5.95 Å². The van der Waals surface area contributed by atoms with Gasteiger partial charge in [0.15, 0.2) is 0 Å². The molecule has 22 heavy (non-hydrogen) atoms. The van der Waals surface area contributed by atoms with Gasteiger partial charge >= 0.3 is 6.18 Å². The van der Waals surface area contributed by atoms with E-state index in [0.717, 1.165) is 12.1 Å². The van der Waals surface area contributed by atoms with Crippen molar-refractivity contribution in [3.63, 3.8) is 0 Å². The summed E-state index contributed by atoms with van der Waals surface area (Å²) in [7, 11) is 0. The Morgan fingerprint density at radius 2 is 1.95 bits per heavy atom. The van der Waals surface area contributed by atoms with Crippen molar-refractivity contribution in [1.29, 1.82) is 0 Å². The van der Waals surface area contributed by atoms with E-state index in [1.54, 1.807) is 6.92 Å². The van der Waals surface area contributed by atoms with E-state index in [9.17, 15) is 18.0 Å². The number of halogens is 3. The van der Waals surface area contributed by atoms with Gasteiger partial charge in [0.05, 0.1) is 5.56 Å². The summed E-state index contributed by atoms with van der Waals surface area (Å²) in [5, 5.41) is 13.2. The van der Waals surface area contributed by atoms with Gasteiger partial charge in [0, 0.05) is 12.1 Å². The molecule has 0 aliphatic carbocycles. The number of carbonyl (C=O) groups is 1. The molecule has 1 heterocycles. The van der Waals surface area contributed by atoms with E-state index in [-0.39, 0.29) is 22.6 Å². The highest BCUT2D eigenvalue weighted by molar-refractivity contribution is 6.04. The van der Waals surface area contributed by atoms with Gasteiger partial charge < -0.3 is 0 Å². The number of benzene rings is 1. The van der Waals surface area contributed by atoms with Crippen LogP contribution in [0.25, 0.3) is 0 Å². The largest absolute Gasteiger partial charge is 0.416 e. The molecule has 2 rings (SSSR count). The Morgan fingerprint density at radius 3 is 2.55 bits per heavy atom. The molecule has 118 valence electrons. The number of aryl methyl sites for hydroxylation is 1. The Hall–Kier alpha value is -2.45. The average Bonchev–Trinajstić information content (AvgIpc) is 2.87. The van der Waals surface area contributed by atoms with Gasteiger partial charge in [0.1, 0.15) is 0 Å². The predicted octanol–water partition coefficient (Wildman–Crippen LogP) is 2.58. The summed E-state index contributed by atoms with van der Waals surface area (Å²) < 4.78 is 39.9. The summed E-state index contributed by atoms with van der Waals surface area (Å²) in [6.45, 7) is 5.06. The fourth-order valence-corrected chi connectivity index (χ4v) is 2.05. The number of anilines is 1. The van der Waals surface area contributed by atoms with Crippen LogP contribution in [-0.2, 0) is 12.7 Å². The van der Waals surface area contributed by atoms with Crippen LogP contribution in [0.1, 0.15) is 34.0 Å². The summed E-state index contributed by atoms with van der Waals surface area (Å²) in [6, 6.07) is 2.06. The van der Waals surface area contributed by atoms with Crippen molar-refractivity contribution in [3.05, 3.63) is 34.4 Å². The molecular weight excluding hydrogens is 299 g/mol. The Kier molecular flexibility index (Phi) is 4.16. The van der Waals surface area contributed by atoms with Gasteiger partial charge in [-0.1, -0.05) is 5.10 Å². The van der Waals surface area contributed by atoms with Crippen LogP contribution < -0.4 is 5.32 Å². The average molecular weight is 313 g/mol. The second kappa shape index (κ2) is 5.74. The summed E-state index contributed by atoms with van der Waals surface area (Å²) in [5.74, 6) is -0.414. The number of nitrogens with zero attached hydrogens (tertiary/aromatic N) is 4. The van der Waals surface area contributed by atoms with Crippen LogP contribution in [0.3, 0.4) is 0 Å². The molecular formula is C13H14F3N5O. The Morgan fingerprint density at radius 1 is 1.27 bits per heavy atom. The van der Waals surface area contributed by atoms with Crippen LogP contribution in [-0.4, -0.2) is 26.1 Å². The Balaban J connectivity index is 2.33. The molecule has 1 amide bonds. The maximum Gasteiger partial charge on any atom is 0.416 e. The van der Waals surface area contributed by atoms with E-state index in [2.05, 4.69) is 20.8 Å². The Labute approximate surface area is 124 Å². The number of tetrazole rings is 1. The number of aromatic nitrogens is 4. The lowest BCUT2D eigenvalue weighted by Gasteiger charge is -2.15. The summed E-state index contributed by atoms with van der Waals surface area (Å²) in [5.41, 5.74) is -0.311. The molecule has 0 saturated heterocycles. The van der Waals surface area contributed by atoms with Crippen LogP contribution in [0.15, 0.2) is 12.1 Å². The molecule has 0 radical (unpaired) electrons. The highest BCUT2D eigenvalue weighted by atomic mass is 19.4. The maximum absolute atomic E-state index is 12.8. The third-order valence-electron chi connectivity index (χ3n) is 3.39. The zero-order valence-electron chi connectivity index (χ0n) is 12.2. The fraction of sp³-hybridized carbons (Fsp3) is 0.385. The van der Waals surface area contributed by atoms with Gasteiger partial charge in [-0.25, -0.2) is 4.68 Å². The second-order valence-corrected chi connectivity index (χ2v) is 4.68. The van der Waals surface area contributed by atoms with E-state index < -0.39 is 17.6 Å². The molecule has 6 nitrogen and oxygen atoms in total. The van der Waals surface area contributed by atoms with E-state index in [1.165, 1.54) is 18.5 Å². The van der Waals surface area contributed by atoms with Crippen molar-refractivity contribution in [3.8, 4) is 0 Å². The molecule has 0 fully saturated rings. The van der Waals surface area contributed by atoms with Gasteiger partial charge in [-0.2, -0.15) is 13.2 Å². The molecule has 1 aromatic carbocycles. The SMILES string of the molecule is CCn1nnnc1NC(=O)c1ccc(C(F)(F)F)c(C)c1C. The van der Waals surface area contributed by atoms with Gasteiger partial charge in [-0.05, 0) is 54.5 Å². The lowest BCUT2D eigenvalue weighted by atomic mass is 9.97. The minimum atomic E-state index is -4.45. The van der Waals surface area contributed by atoms with Crippen molar-refractivity contribution >= 4 is 11.9 Å². The summed E-state index contributed by atoms with van der Waals surface area (Å²) in [6.07, 6.45) is -4.45. The van der Waals surface area contributed by atoms with E-state index in [0.29, 0.717) is 6.54 Å². The summed E-state index contributed by atoms with van der Waals surface area (Å²) >= 11 is 0. The van der Waals surface area contributed by atoms with Crippen molar-refractivity contribution in [1.82, 2.24) is 20.2 Å². The first-order valence-corrected chi connectivity index (χ1v) is 6.50. The molecule has 2 aromatic rings. The molecule has 0 aliphatic rings. The van der Waals surface area contributed by atoms with Gasteiger partial charge in [0.25, 0.3) is 5.91 Å². The van der Waals surface area contributed by atoms with E-state index in [1.807, 2.05) is 0 Å². The molecule has 0 unspecified atom stereocenters. The first kappa shape index (κ1) is 15.9. The normalized spacial score (nSPS) is 11.5.